The lowest BCUT2D eigenvalue weighted by Gasteiger charge is -2.18. The number of carbonyl (C=O) groups excluding carboxylic acids is 1. The van der Waals surface area contributed by atoms with Gasteiger partial charge in [0.15, 0.2) is 0 Å². The van der Waals surface area contributed by atoms with E-state index in [0.717, 1.165) is 36.0 Å². The number of fused-ring (bicyclic) bond motifs is 1. The Morgan fingerprint density at radius 2 is 1.92 bits per heavy atom. The quantitative estimate of drug-likeness (QED) is 0.794. The van der Waals surface area contributed by atoms with Crippen LogP contribution in [0.4, 0.5) is 0 Å². The van der Waals surface area contributed by atoms with E-state index >= 15 is 0 Å². The van der Waals surface area contributed by atoms with Crippen LogP contribution in [0.15, 0.2) is 29.6 Å². The molecule has 2 N–H and O–H groups in total. The average Bonchev–Trinajstić information content (AvgIpc) is 3.03. The molecule has 0 bridgehead atoms. The van der Waals surface area contributed by atoms with Gasteiger partial charge in [-0.05, 0) is 48.9 Å². The smallest absolute Gasteiger partial charge is 0.252 e. The predicted molar refractivity (Wildman–Crippen MR) is 105 cm³/mol. The minimum atomic E-state index is -3.27. The number of amides is 1. The molecule has 2 aromatic rings. The molecule has 1 aliphatic rings. The van der Waals surface area contributed by atoms with Crippen LogP contribution >= 0.6 is 11.3 Å². The van der Waals surface area contributed by atoms with E-state index in [9.17, 15) is 13.2 Å². The van der Waals surface area contributed by atoms with Gasteiger partial charge in [0, 0.05) is 16.8 Å². The van der Waals surface area contributed by atoms with Crippen LogP contribution < -0.4 is 10.0 Å². The first-order valence-corrected chi connectivity index (χ1v) is 11.3. The molecule has 0 radical (unpaired) electrons. The van der Waals surface area contributed by atoms with Crippen molar-refractivity contribution in [3.8, 4) is 0 Å². The van der Waals surface area contributed by atoms with Crippen LogP contribution in [0.5, 0.6) is 0 Å². The lowest BCUT2D eigenvalue weighted by Crippen LogP contribution is -2.24. The topological polar surface area (TPSA) is 75.3 Å². The Bertz CT molecular complexity index is 886. The normalized spacial score (nSPS) is 16.9. The second kappa shape index (κ2) is 7.90. The number of sulfonamides is 1. The summed E-state index contributed by atoms with van der Waals surface area (Å²) in [5.41, 5.74) is 3.70. The van der Waals surface area contributed by atoms with E-state index in [1.807, 2.05) is 17.5 Å². The van der Waals surface area contributed by atoms with Crippen LogP contribution in [0, 0.1) is 5.92 Å². The third-order valence-electron chi connectivity index (χ3n) is 4.79. The highest BCUT2D eigenvalue weighted by Crippen LogP contribution is 2.32. The van der Waals surface area contributed by atoms with Gasteiger partial charge in [-0.1, -0.05) is 31.2 Å². The van der Waals surface area contributed by atoms with Crippen molar-refractivity contribution in [3.05, 3.63) is 56.8 Å². The van der Waals surface area contributed by atoms with Crippen molar-refractivity contribution in [2.24, 2.45) is 5.92 Å². The predicted octanol–water partition coefficient (Wildman–Crippen LogP) is 2.85. The van der Waals surface area contributed by atoms with Crippen LogP contribution in [0.25, 0.3) is 0 Å². The SMILES string of the molecule is CNS(=O)(=O)Cc1ccc(CNC(=O)c2csc3c2CCC(C)C3)cc1. The number of nitrogens with one attached hydrogen (secondary N) is 2. The monoisotopic (exact) mass is 392 g/mol. The summed E-state index contributed by atoms with van der Waals surface area (Å²) in [6.45, 7) is 2.69. The van der Waals surface area contributed by atoms with E-state index in [1.165, 1.54) is 17.5 Å². The van der Waals surface area contributed by atoms with E-state index in [1.54, 1.807) is 23.5 Å². The Kier molecular flexibility index (Phi) is 5.79. The molecule has 1 amide bonds. The molecule has 5 nitrogen and oxygen atoms in total. The molecule has 0 aliphatic heterocycles. The Balaban J connectivity index is 1.60. The summed E-state index contributed by atoms with van der Waals surface area (Å²) in [5, 5.41) is 4.95. The van der Waals surface area contributed by atoms with E-state index in [0.29, 0.717) is 12.5 Å². The second-order valence-electron chi connectivity index (χ2n) is 6.86. The Morgan fingerprint density at radius 1 is 1.23 bits per heavy atom. The Hall–Kier alpha value is -1.70. The maximum Gasteiger partial charge on any atom is 0.252 e. The second-order valence-corrected chi connectivity index (χ2v) is 9.75. The molecule has 1 aromatic heterocycles. The Morgan fingerprint density at radius 3 is 2.62 bits per heavy atom. The standard InChI is InChI=1S/C19H24N2O3S2/c1-13-3-8-16-17(11-25-18(16)9-13)19(22)21-10-14-4-6-15(7-5-14)12-26(23,24)20-2/h4-7,11,13,20H,3,8-10,12H2,1-2H3,(H,21,22). The van der Waals surface area contributed by atoms with Crippen molar-refractivity contribution in [1.82, 2.24) is 10.0 Å². The summed E-state index contributed by atoms with van der Waals surface area (Å²) in [6.07, 6.45) is 3.20. The van der Waals surface area contributed by atoms with Crippen molar-refractivity contribution >= 4 is 27.3 Å². The molecule has 0 fully saturated rings. The molecular weight excluding hydrogens is 368 g/mol. The van der Waals surface area contributed by atoms with Crippen LogP contribution in [0.3, 0.4) is 0 Å². The van der Waals surface area contributed by atoms with Crippen LogP contribution in [-0.2, 0) is 35.2 Å². The van der Waals surface area contributed by atoms with Crippen molar-refractivity contribution in [3.63, 3.8) is 0 Å². The fourth-order valence-corrected chi connectivity index (χ4v) is 5.21. The molecule has 7 heteroatoms. The van der Waals surface area contributed by atoms with Gasteiger partial charge in [-0.15, -0.1) is 11.3 Å². The van der Waals surface area contributed by atoms with Crippen LogP contribution in [0.1, 0.15) is 45.3 Å². The minimum Gasteiger partial charge on any atom is -0.348 e. The van der Waals surface area contributed by atoms with Gasteiger partial charge in [0.25, 0.3) is 5.91 Å². The van der Waals surface area contributed by atoms with Crippen molar-refractivity contribution in [2.45, 2.75) is 38.5 Å². The fraction of sp³-hybridized carbons (Fsp3) is 0.421. The zero-order chi connectivity index (χ0) is 18.7. The molecule has 1 unspecified atom stereocenters. The molecule has 0 spiro atoms. The zero-order valence-electron chi connectivity index (χ0n) is 15.0. The number of hydrogen-bond acceptors (Lipinski definition) is 4. The van der Waals surface area contributed by atoms with E-state index in [-0.39, 0.29) is 11.7 Å². The van der Waals surface area contributed by atoms with Gasteiger partial charge in [-0.2, -0.15) is 0 Å². The van der Waals surface area contributed by atoms with E-state index < -0.39 is 10.0 Å². The van der Waals surface area contributed by atoms with Crippen molar-refractivity contribution in [2.75, 3.05) is 7.05 Å². The van der Waals surface area contributed by atoms with Crippen LogP contribution in [-0.4, -0.2) is 21.4 Å². The maximum absolute atomic E-state index is 12.5. The first-order chi connectivity index (χ1) is 12.4. The molecule has 3 rings (SSSR count). The van der Waals surface area contributed by atoms with Gasteiger partial charge in [0.05, 0.1) is 11.3 Å². The van der Waals surface area contributed by atoms with E-state index in [2.05, 4.69) is 17.0 Å². The third kappa shape index (κ3) is 4.52. The Labute approximate surface area is 158 Å². The summed E-state index contributed by atoms with van der Waals surface area (Å²) in [4.78, 5) is 13.9. The molecule has 0 saturated carbocycles. The first kappa shape index (κ1) is 19.1. The molecule has 1 aliphatic carbocycles. The first-order valence-electron chi connectivity index (χ1n) is 8.74. The highest BCUT2D eigenvalue weighted by atomic mass is 32.2. The lowest BCUT2D eigenvalue weighted by atomic mass is 9.88. The van der Waals surface area contributed by atoms with Gasteiger partial charge >= 0.3 is 0 Å². The molecule has 1 atom stereocenters. The number of hydrogen-bond donors (Lipinski definition) is 2. The highest BCUT2D eigenvalue weighted by Gasteiger charge is 2.23. The molecule has 26 heavy (non-hydrogen) atoms. The van der Waals surface area contributed by atoms with Gasteiger partial charge in [-0.3, -0.25) is 4.79 Å². The molecular formula is C19H24N2O3S2. The summed E-state index contributed by atoms with van der Waals surface area (Å²) >= 11 is 1.69. The van der Waals surface area contributed by atoms with Gasteiger partial charge < -0.3 is 5.32 Å². The summed E-state index contributed by atoms with van der Waals surface area (Å²) in [6, 6.07) is 7.27. The molecule has 1 aromatic carbocycles. The van der Waals surface area contributed by atoms with Crippen molar-refractivity contribution < 1.29 is 13.2 Å². The maximum atomic E-state index is 12.5. The zero-order valence-corrected chi connectivity index (χ0v) is 16.7. The molecule has 140 valence electrons. The largest absolute Gasteiger partial charge is 0.348 e. The number of benzene rings is 1. The fourth-order valence-electron chi connectivity index (χ4n) is 3.19. The third-order valence-corrected chi connectivity index (χ3v) is 7.18. The van der Waals surface area contributed by atoms with Crippen molar-refractivity contribution in [1.29, 1.82) is 0 Å². The van der Waals surface area contributed by atoms with Crippen LogP contribution in [0.2, 0.25) is 0 Å². The highest BCUT2D eigenvalue weighted by molar-refractivity contribution is 7.88. The number of rotatable bonds is 6. The summed E-state index contributed by atoms with van der Waals surface area (Å²) in [5.74, 6) is 0.622. The lowest BCUT2D eigenvalue weighted by molar-refractivity contribution is 0.0950. The van der Waals surface area contributed by atoms with Gasteiger partial charge in [0.2, 0.25) is 10.0 Å². The van der Waals surface area contributed by atoms with Gasteiger partial charge in [-0.25, -0.2) is 13.1 Å². The summed E-state index contributed by atoms with van der Waals surface area (Å²) in [7, 11) is -1.87. The summed E-state index contributed by atoms with van der Waals surface area (Å²) < 4.78 is 25.4. The van der Waals surface area contributed by atoms with E-state index in [4.69, 9.17) is 0 Å². The number of carbonyl (C=O) groups is 1. The molecule has 1 heterocycles. The van der Waals surface area contributed by atoms with Gasteiger partial charge in [0.1, 0.15) is 0 Å². The minimum absolute atomic E-state index is 0.0288. The average molecular weight is 393 g/mol. The number of thiophene rings is 1. The molecule has 0 saturated heterocycles.